The summed E-state index contributed by atoms with van der Waals surface area (Å²) in [5.74, 6) is 1.78. The molecule has 3 heterocycles. The molecule has 1 atom stereocenters. The van der Waals surface area contributed by atoms with E-state index in [0.29, 0.717) is 11.8 Å². The van der Waals surface area contributed by atoms with Gasteiger partial charge in [-0.2, -0.15) is 0 Å². The molecule has 1 aromatic heterocycles. The number of benzene rings is 1. The SMILES string of the molecule is C[C@H](C(=O)N1CCCCCC1)N1CC(c2nc3ccccc3[nH]2)C1. The van der Waals surface area contributed by atoms with Crippen LogP contribution in [0, 0.1) is 0 Å². The monoisotopic (exact) mass is 326 g/mol. The van der Waals surface area contributed by atoms with Gasteiger partial charge in [0.15, 0.2) is 0 Å². The molecular weight excluding hydrogens is 300 g/mol. The Labute approximate surface area is 143 Å². The number of hydrogen-bond acceptors (Lipinski definition) is 3. The van der Waals surface area contributed by atoms with Crippen LogP contribution >= 0.6 is 0 Å². The van der Waals surface area contributed by atoms with Gasteiger partial charge in [0.25, 0.3) is 0 Å². The number of nitrogens with zero attached hydrogens (tertiary/aromatic N) is 3. The summed E-state index contributed by atoms with van der Waals surface area (Å²) in [6.45, 7) is 5.76. The van der Waals surface area contributed by atoms with E-state index in [1.807, 2.05) is 18.2 Å². The van der Waals surface area contributed by atoms with Crippen LogP contribution in [-0.4, -0.2) is 57.9 Å². The van der Waals surface area contributed by atoms with Gasteiger partial charge in [-0.25, -0.2) is 4.98 Å². The molecule has 0 saturated carbocycles. The highest BCUT2D eigenvalue weighted by atomic mass is 16.2. The zero-order valence-electron chi connectivity index (χ0n) is 14.4. The van der Waals surface area contributed by atoms with Crippen LogP contribution in [0.25, 0.3) is 11.0 Å². The molecule has 128 valence electrons. The van der Waals surface area contributed by atoms with E-state index in [0.717, 1.165) is 55.9 Å². The molecule has 2 aliphatic rings. The van der Waals surface area contributed by atoms with Gasteiger partial charge >= 0.3 is 0 Å². The van der Waals surface area contributed by atoms with Crippen LogP contribution in [0.15, 0.2) is 24.3 Å². The Morgan fingerprint density at radius 3 is 2.58 bits per heavy atom. The van der Waals surface area contributed by atoms with Crippen LogP contribution < -0.4 is 0 Å². The van der Waals surface area contributed by atoms with Crippen LogP contribution in [-0.2, 0) is 4.79 Å². The summed E-state index contributed by atoms with van der Waals surface area (Å²) in [5.41, 5.74) is 2.12. The van der Waals surface area contributed by atoms with E-state index >= 15 is 0 Å². The van der Waals surface area contributed by atoms with Crippen molar-refractivity contribution in [3.63, 3.8) is 0 Å². The van der Waals surface area contributed by atoms with Crippen LogP contribution in [0.4, 0.5) is 0 Å². The number of likely N-dealkylation sites (tertiary alicyclic amines) is 2. The molecule has 0 aliphatic carbocycles. The summed E-state index contributed by atoms with van der Waals surface area (Å²) in [4.78, 5) is 25.2. The van der Waals surface area contributed by atoms with E-state index in [-0.39, 0.29) is 6.04 Å². The third kappa shape index (κ3) is 2.93. The molecule has 2 aromatic rings. The highest BCUT2D eigenvalue weighted by molar-refractivity contribution is 5.81. The summed E-state index contributed by atoms with van der Waals surface area (Å²) in [7, 11) is 0. The molecule has 5 nitrogen and oxygen atoms in total. The number of amides is 1. The molecule has 1 aromatic carbocycles. The van der Waals surface area contributed by atoms with Crippen molar-refractivity contribution in [1.29, 1.82) is 0 Å². The number of aromatic nitrogens is 2. The van der Waals surface area contributed by atoms with Gasteiger partial charge in [0, 0.05) is 32.1 Å². The second kappa shape index (κ2) is 6.55. The van der Waals surface area contributed by atoms with E-state index in [2.05, 4.69) is 27.8 Å². The number of carbonyl (C=O) groups excluding carboxylic acids is 1. The fraction of sp³-hybridized carbons (Fsp3) is 0.579. The first-order valence-corrected chi connectivity index (χ1v) is 9.20. The Kier molecular flexibility index (Phi) is 4.27. The van der Waals surface area contributed by atoms with Gasteiger partial charge < -0.3 is 9.88 Å². The van der Waals surface area contributed by atoms with Crippen molar-refractivity contribution < 1.29 is 4.79 Å². The Hall–Kier alpha value is -1.88. The van der Waals surface area contributed by atoms with Crippen molar-refractivity contribution in [2.45, 2.75) is 44.6 Å². The smallest absolute Gasteiger partial charge is 0.239 e. The fourth-order valence-electron chi connectivity index (χ4n) is 3.88. The summed E-state index contributed by atoms with van der Waals surface area (Å²) in [6.07, 6.45) is 4.83. The predicted molar refractivity (Wildman–Crippen MR) is 94.9 cm³/mol. The van der Waals surface area contributed by atoms with Crippen molar-refractivity contribution in [3.8, 4) is 0 Å². The van der Waals surface area contributed by atoms with E-state index in [1.165, 1.54) is 12.8 Å². The lowest BCUT2D eigenvalue weighted by Crippen LogP contribution is -2.56. The van der Waals surface area contributed by atoms with Crippen molar-refractivity contribution in [3.05, 3.63) is 30.1 Å². The normalized spacial score (nSPS) is 21.5. The molecule has 2 aliphatic heterocycles. The van der Waals surface area contributed by atoms with Crippen molar-refractivity contribution in [2.75, 3.05) is 26.2 Å². The predicted octanol–water partition coefficient (Wildman–Crippen LogP) is 2.75. The molecule has 4 rings (SSSR count). The fourth-order valence-corrected chi connectivity index (χ4v) is 3.88. The number of imidazole rings is 1. The summed E-state index contributed by atoms with van der Waals surface area (Å²) >= 11 is 0. The lowest BCUT2D eigenvalue weighted by atomic mass is 9.97. The number of para-hydroxylation sites is 2. The third-order valence-electron chi connectivity index (χ3n) is 5.53. The highest BCUT2D eigenvalue weighted by Crippen LogP contribution is 2.29. The zero-order chi connectivity index (χ0) is 16.5. The van der Waals surface area contributed by atoms with E-state index in [4.69, 9.17) is 4.98 Å². The van der Waals surface area contributed by atoms with Crippen molar-refractivity contribution >= 4 is 16.9 Å². The maximum absolute atomic E-state index is 12.7. The standard InChI is InChI=1S/C19H26N4O/c1-14(19(24)22-10-6-2-3-7-11-22)23-12-15(13-23)18-20-16-8-4-5-9-17(16)21-18/h4-5,8-9,14-15H,2-3,6-7,10-13H2,1H3,(H,20,21)/t14-/m1/s1. The minimum Gasteiger partial charge on any atom is -0.342 e. The number of aromatic amines is 1. The summed E-state index contributed by atoms with van der Waals surface area (Å²) < 4.78 is 0. The van der Waals surface area contributed by atoms with Crippen LogP contribution in [0.5, 0.6) is 0 Å². The van der Waals surface area contributed by atoms with E-state index < -0.39 is 0 Å². The maximum Gasteiger partial charge on any atom is 0.239 e. The molecule has 0 unspecified atom stereocenters. The highest BCUT2D eigenvalue weighted by Gasteiger charge is 2.37. The first kappa shape index (κ1) is 15.6. The lowest BCUT2D eigenvalue weighted by molar-refractivity contribution is -0.138. The number of hydrogen-bond donors (Lipinski definition) is 1. The minimum absolute atomic E-state index is 0.0104. The third-order valence-corrected chi connectivity index (χ3v) is 5.53. The molecule has 1 amide bonds. The van der Waals surface area contributed by atoms with Crippen molar-refractivity contribution in [2.24, 2.45) is 0 Å². The average Bonchev–Trinajstić information content (AvgIpc) is 2.78. The zero-order valence-corrected chi connectivity index (χ0v) is 14.4. The quantitative estimate of drug-likeness (QED) is 0.943. The molecule has 1 N–H and O–H groups in total. The molecule has 2 saturated heterocycles. The van der Waals surface area contributed by atoms with Gasteiger partial charge in [-0.3, -0.25) is 9.69 Å². The molecule has 0 bridgehead atoms. The van der Waals surface area contributed by atoms with Gasteiger partial charge in [-0.1, -0.05) is 25.0 Å². The van der Waals surface area contributed by atoms with Crippen LogP contribution in [0.3, 0.4) is 0 Å². The number of rotatable bonds is 3. The largest absolute Gasteiger partial charge is 0.342 e. The van der Waals surface area contributed by atoms with E-state index in [9.17, 15) is 4.79 Å². The number of nitrogens with one attached hydrogen (secondary N) is 1. The van der Waals surface area contributed by atoms with Crippen LogP contribution in [0.2, 0.25) is 0 Å². The number of carbonyl (C=O) groups is 1. The number of H-pyrrole nitrogens is 1. The lowest BCUT2D eigenvalue weighted by Gasteiger charge is -2.42. The van der Waals surface area contributed by atoms with Gasteiger partial charge in [0.2, 0.25) is 5.91 Å². The number of fused-ring (bicyclic) bond motifs is 1. The molecule has 24 heavy (non-hydrogen) atoms. The first-order valence-electron chi connectivity index (χ1n) is 9.20. The van der Waals surface area contributed by atoms with Crippen LogP contribution in [0.1, 0.15) is 44.3 Å². The summed E-state index contributed by atoms with van der Waals surface area (Å²) in [5, 5.41) is 0. The van der Waals surface area contributed by atoms with Crippen molar-refractivity contribution in [1.82, 2.24) is 19.8 Å². The molecule has 5 heteroatoms. The van der Waals surface area contributed by atoms with E-state index in [1.54, 1.807) is 0 Å². The summed E-state index contributed by atoms with van der Waals surface area (Å²) in [6, 6.07) is 8.13. The Morgan fingerprint density at radius 1 is 1.17 bits per heavy atom. The average molecular weight is 326 g/mol. The second-order valence-electron chi connectivity index (χ2n) is 7.21. The minimum atomic E-state index is -0.0104. The Morgan fingerprint density at radius 2 is 1.88 bits per heavy atom. The molecule has 0 spiro atoms. The maximum atomic E-state index is 12.7. The molecule has 0 radical (unpaired) electrons. The molecular formula is C19H26N4O. The Balaban J connectivity index is 1.36. The van der Waals surface area contributed by atoms with Gasteiger partial charge in [0.1, 0.15) is 5.82 Å². The first-order chi connectivity index (χ1) is 11.7. The second-order valence-corrected chi connectivity index (χ2v) is 7.21. The van der Waals surface area contributed by atoms with Gasteiger partial charge in [0.05, 0.1) is 17.1 Å². The van der Waals surface area contributed by atoms with Gasteiger partial charge in [-0.15, -0.1) is 0 Å². The topological polar surface area (TPSA) is 52.2 Å². The molecule has 2 fully saturated rings. The van der Waals surface area contributed by atoms with Gasteiger partial charge in [-0.05, 0) is 31.9 Å². The Bertz CT molecular complexity index is 678.